The molecule has 0 fully saturated rings. The summed E-state index contributed by atoms with van der Waals surface area (Å²) < 4.78 is 31.4. The van der Waals surface area contributed by atoms with Crippen LogP contribution in [0.1, 0.15) is 42.6 Å². The van der Waals surface area contributed by atoms with Crippen LogP contribution in [0.2, 0.25) is 0 Å². The highest BCUT2D eigenvalue weighted by Gasteiger charge is 2.22. The van der Waals surface area contributed by atoms with Crippen molar-refractivity contribution in [2.75, 3.05) is 20.7 Å². The molecule has 0 saturated carbocycles. The van der Waals surface area contributed by atoms with Crippen LogP contribution in [0.15, 0.2) is 53.4 Å². The summed E-state index contributed by atoms with van der Waals surface area (Å²) >= 11 is 0. The Hall–Kier alpha value is -2.91. The van der Waals surface area contributed by atoms with Gasteiger partial charge in [-0.2, -0.15) is 4.31 Å². The summed E-state index contributed by atoms with van der Waals surface area (Å²) in [5.41, 5.74) is 1.33. The van der Waals surface area contributed by atoms with Gasteiger partial charge in [0.2, 0.25) is 15.9 Å². The van der Waals surface area contributed by atoms with Gasteiger partial charge < -0.3 is 15.4 Å². The third kappa shape index (κ3) is 7.06. The van der Waals surface area contributed by atoms with Gasteiger partial charge in [-0.3, -0.25) is 9.59 Å². The SMILES string of the molecule is COc1ccc(C(=O)NCCCC(=O)NCc2ccc(S(=O)(=O)N(C)C(C)C)cc2)cc1. The second-order valence-corrected chi connectivity index (χ2v) is 9.62. The first-order valence-electron chi connectivity index (χ1n) is 10.4. The summed E-state index contributed by atoms with van der Waals surface area (Å²) in [5.74, 6) is 0.337. The quantitative estimate of drug-likeness (QED) is 0.501. The van der Waals surface area contributed by atoms with Crippen LogP contribution in [-0.4, -0.2) is 51.3 Å². The van der Waals surface area contributed by atoms with Crippen LogP contribution in [-0.2, 0) is 21.4 Å². The smallest absolute Gasteiger partial charge is 0.251 e. The fourth-order valence-corrected chi connectivity index (χ4v) is 4.18. The van der Waals surface area contributed by atoms with Gasteiger partial charge in [-0.1, -0.05) is 12.1 Å². The molecule has 0 radical (unpaired) electrons. The van der Waals surface area contributed by atoms with E-state index in [9.17, 15) is 18.0 Å². The Morgan fingerprint density at radius 2 is 1.62 bits per heavy atom. The number of carbonyl (C=O) groups excluding carboxylic acids is 2. The maximum atomic E-state index is 12.5. The van der Waals surface area contributed by atoms with Crippen molar-refractivity contribution >= 4 is 21.8 Å². The molecular formula is C23H31N3O5S. The van der Waals surface area contributed by atoms with Crippen LogP contribution < -0.4 is 15.4 Å². The Kier molecular flexibility index (Phi) is 9.22. The molecule has 0 atom stereocenters. The lowest BCUT2D eigenvalue weighted by molar-refractivity contribution is -0.121. The molecule has 0 unspecified atom stereocenters. The topological polar surface area (TPSA) is 105 Å². The Morgan fingerprint density at radius 3 is 2.19 bits per heavy atom. The zero-order valence-electron chi connectivity index (χ0n) is 18.9. The molecule has 2 aromatic carbocycles. The minimum atomic E-state index is -3.53. The molecule has 0 aromatic heterocycles. The van der Waals surface area contributed by atoms with Crippen LogP contribution >= 0.6 is 0 Å². The Labute approximate surface area is 190 Å². The minimum Gasteiger partial charge on any atom is -0.497 e. The zero-order chi connectivity index (χ0) is 23.7. The molecule has 0 heterocycles. The minimum absolute atomic E-state index is 0.139. The molecule has 174 valence electrons. The van der Waals surface area contributed by atoms with E-state index in [0.717, 1.165) is 5.56 Å². The van der Waals surface area contributed by atoms with E-state index in [2.05, 4.69) is 10.6 Å². The van der Waals surface area contributed by atoms with E-state index >= 15 is 0 Å². The Morgan fingerprint density at radius 1 is 1.00 bits per heavy atom. The molecule has 0 aliphatic heterocycles. The highest BCUT2D eigenvalue weighted by Crippen LogP contribution is 2.17. The average Bonchev–Trinajstić information content (AvgIpc) is 2.80. The van der Waals surface area contributed by atoms with Crippen molar-refractivity contribution in [2.24, 2.45) is 0 Å². The third-order valence-electron chi connectivity index (χ3n) is 5.04. The number of ether oxygens (including phenoxy) is 1. The van der Waals surface area contributed by atoms with Gasteiger partial charge in [0.15, 0.2) is 0 Å². The number of nitrogens with one attached hydrogen (secondary N) is 2. The van der Waals surface area contributed by atoms with Crippen molar-refractivity contribution in [3.63, 3.8) is 0 Å². The van der Waals surface area contributed by atoms with E-state index in [-0.39, 0.29) is 29.2 Å². The van der Waals surface area contributed by atoms with E-state index in [1.807, 2.05) is 13.8 Å². The Bertz CT molecular complexity index is 1000. The molecule has 0 aliphatic carbocycles. The van der Waals surface area contributed by atoms with E-state index in [4.69, 9.17) is 4.74 Å². The standard InChI is InChI=1S/C23H31N3O5S/c1-17(2)26(3)32(29,30)21-13-7-18(8-14-21)16-25-22(27)6-5-15-24-23(28)19-9-11-20(31-4)12-10-19/h7-14,17H,5-6,15-16H2,1-4H3,(H,24,28)(H,25,27). The maximum absolute atomic E-state index is 12.5. The molecule has 0 spiro atoms. The average molecular weight is 462 g/mol. The fourth-order valence-electron chi connectivity index (χ4n) is 2.81. The molecule has 2 rings (SSSR count). The lowest BCUT2D eigenvalue weighted by atomic mass is 10.2. The molecule has 2 N–H and O–H groups in total. The number of amides is 2. The van der Waals surface area contributed by atoms with E-state index in [1.54, 1.807) is 62.7 Å². The zero-order valence-corrected chi connectivity index (χ0v) is 19.7. The Balaban J connectivity index is 1.73. The number of sulfonamides is 1. The molecule has 32 heavy (non-hydrogen) atoms. The van der Waals surface area contributed by atoms with E-state index in [1.165, 1.54) is 4.31 Å². The fraction of sp³-hybridized carbons (Fsp3) is 0.391. The molecule has 8 nitrogen and oxygen atoms in total. The summed E-state index contributed by atoms with van der Waals surface area (Å²) in [4.78, 5) is 24.3. The van der Waals surface area contributed by atoms with Gasteiger partial charge in [0.25, 0.3) is 5.91 Å². The number of rotatable bonds is 11. The molecule has 0 bridgehead atoms. The number of nitrogens with zero attached hydrogens (tertiary/aromatic N) is 1. The monoisotopic (exact) mass is 461 g/mol. The van der Waals surface area contributed by atoms with Crippen LogP contribution in [0.4, 0.5) is 0 Å². The predicted molar refractivity (Wildman–Crippen MR) is 123 cm³/mol. The number of methoxy groups -OCH3 is 1. The number of carbonyl (C=O) groups is 2. The van der Waals surface area contributed by atoms with Crippen LogP contribution in [0.3, 0.4) is 0 Å². The summed E-state index contributed by atoms with van der Waals surface area (Å²) in [6.07, 6.45) is 0.779. The van der Waals surface area contributed by atoms with Crippen molar-refractivity contribution in [3.8, 4) is 5.75 Å². The molecular weight excluding hydrogens is 430 g/mol. The first-order valence-corrected chi connectivity index (χ1v) is 11.8. The van der Waals surface area contributed by atoms with Gasteiger partial charge in [0.1, 0.15) is 5.75 Å². The summed E-state index contributed by atoms with van der Waals surface area (Å²) in [6.45, 7) is 4.31. The van der Waals surface area contributed by atoms with Crippen molar-refractivity contribution in [1.29, 1.82) is 0 Å². The third-order valence-corrected chi connectivity index (χ3v) is 7.08. The summed E-state index contributed by atoms with van der Waals surface area (Å²) in [5, 5.41) is 5.59. The molecule has 9 heteroatoms. The van der Waals surface area contributed by atoms with E-state index in [0.29, 0.717) is 30.8 Å². The first kappa shape index (κ1) is 25.4. The molecule has 0 saturated heterocycles. The molecule has 2 amide bonds. The summed E-state index contributed by atoms with van der Waals surface area (Å²) in [6, 6.07) is 13.1. The maximum Gasteiger partial charge on any atom is 0.251 e. The van der Waals surface area contributed by atoms with E-state index < -0.39 is 10.0 Å². The second kappa shape index (κ2) is 11.6. The van der Waals surface area contributed by atoms with Crippen molar-refractivity contribution < 1.29 is 22.7 Å². The van der Waals surface area contributed by atoms with Crippen LogP contribution in [0, 0.1) is 0 Å². The highest BCUT2D eigenvalue weighted by molar-refractivity contribution is 7.89. The first-order chi connectivity index (χ1) is 15.1. The van der Waals surface area contributed by atoms with Gasteiger partial charge in [-0.25, -0.2) is 8.42 Å². The van der Waals surface area contributed by atoms with Crippen LogP contribution in [0.25, 0.3) is 0 Å². The lowest BCUT2D eigenvalue weighted by Crippen LogP contribution is -2.33. The lowest BCUT2D eigenvalue weighted by Gasteiger charge is -2.21. The van der Waals surface area contributed by atoms with Crippen molar-refractivity contribution in [2.45, 2.75) is 44.2 Å². The van der Waals surface area contributed by atoms with Crippen molar-refractivity contribution in [3.05, 3.63) is 59.7 Å². The number of hydrogen-bond acceptors (Lipinski definition) is 5. The van der Waals surface area contributed by atoms with Gasteiger partial charge in [0, 0.05) is 38.2 Å². The second-order valence-electron chi connectivity index (χ2n) is 7.62. The molecule has 2 aromatic rings. The summed E-state index contributed by atoms with van der Waals surface area (Å²) in [7, 11) is -0.416. The highest BCUT2D eigenvalue weighted by atomic mass is 32.2. The van der Waals surface area contributed by atoms with Gasteiger partial charge >= 0.3 is 0 Å². The van der Waals surface area contributed by atoms with Crippen molar-refractivity contribution in [1.82, 2.24) is 14.9 Å². The van der Waals surface area contributed by atoms with Gasteiger partial charge in [0.05, 0.1) is 12.0 Å². The van der Waals surface area contributed by atoms with Gasteiger partial charge in [-0.05, 0) is 62.2 Å². The molecule has 0 aliphatic rings. The largest absolute Gasteiger partial charge is 0.497 e. The van der Waals surface area contributed by atoms with Gasteiger partial charge in [-0.15, -0.1) is 0 Å². The van der Waals surface area contributed by atoms with Crippen LogP contribution in [0.5, 0.6) is 5.75 Å². The normalized spacial score (nSPS) is 11.4. The number of hydrogen-bond donors (Lipinski definition) is 2. The number of benzene rings is 2. The predicted octanol–water partition coefficient (Wildman–Crippen LogP) is 2.55.